The van der Waals surface area contributed by atoms with Gasteiger partial charge in [0.05, 0.1) is 0 Å². The lowest BCUT2D eigenvalue weighted by molar-refractivity contribution is -0.115. The van der Waals surface area contributed by atoms with E-state index in [9.17, 15) is 4.79 Å². The lowest BCUT2D eigenvalue weighted by Crippen LogP contribution is -2.12. The fraction of sp³-hybridized carbons (Fsp3) is 0.312. The highest BCUT2D eigenvalue weighted by atomic mass is 32.2. The molecule has 0 aliphatic carbocycles. The van der Waals surface area contributed by atoms with E-state index in [2.05, 4.69) is 22.1 Å². The SMILES string of the molecule is C=CCn1c(C)nnc1SCCC(=O)Nc1cccc(C)c1. The van der Waals surface area contributed by atoms with Gasteiger partial charge in [0.25, 0.3) is 0 Å². The Bertz CT molecular complexity index is 666. The summed E-state index contributed by atoms with van der Waals surface area (Å²) in [5.74, 6) is 1.52. The van der Waals surface area contributed by atoms with E-state index in [-0.39, 0.29) is 5.91 Å². The van der Waals surface area contributed by atoms with Crippen LogP contribution >= 0.6 is 11.8 Å². The van der Waals surface area contributed by atoms with Crippen LogP contribution in [-0.2, 0) is 11.3 Å². The first kappa shape index (κ1) is 16.3. The summed E-state index contributed by atoms with van der Waals surface area (Å²) in [4.78, 5) is 11.9. The number of nitrogens with one attached hydrogen (secondary N) is 1. The number of rotatable bonds is 7. The van der Waals surface area contributed by atoms with Crippen molar-refractivity contribution in [1.82, 2.24) is 14.8 Å². The first-order valence-electron chi connectivity index (χ1n) is 7.10. The van der Waals surface area contributed by atoms with Crippen molar-refractivity contribution in [2.75, 3.05) is 11.1 Å². The Labute approximate surface area is 134 Å². The van der Waals surface area contributed by atoms with E-state index in [4.69, 9.17) is 0 Å². The summed E-state index contributed by atoms with van der Waals surface area (Å²) >= 11 is 1.53. The van der Waals surface area contributed by atoms with Crippen LogP contribution in [0.3, 0.4) is 0 Å². The Morgan fingerprint density at radius 1 is 1.41 bits per heavy atom. The maximum Gasteiger partial charge on any atom is 0.225 e. The van der Waals surface area contributed by atoms with Gasteiger partial charge in [0.1, 0.15) is 5.82 Å². The number of amides is 1. The van der Waals surface area contributed by atoms with Crippen LogP contribution < -0.4 is 5.32 Å². The van der Waals surface area contributed by atoms with Crippen LogP contribution in [0.4, 0.5) is 5.69 Å². The zero-order chi connectivity index (χ0) is 15.9. The molecule has 22 heavy (non-hydrogen) atoms. The molecule has 0 atom stereocenters. The minimum atomic E-state index is 0.00427. The van der Waals surface area contributed by atoms with E-state index >= 15 is 0 Å². The number of hydrogen-bond donors (Lipinski definition) is 1. The van der Waals surface area contributed by atoms with Gasteiger partial charge in [-0.1, -0.05) is 30.0 Å². The zero-order valence-corrected chi connectivity index (χ0v) is 13.7. The normalized spacial score (nSPS) is 10.5. The van der Waals surface area contributed by atoms with Crippen molar-refractivity contribution in [3.63, 3.8) is 0 Å². The summed E-state index contributed by atoms with van der Waals surface area (Å²) in [5.41, 5.74) is 1.96. The van der Waals surface area contributed by atoms with Crippen LogP contribution in [0.2, 0.25) is 0 Å². The number of carbonyl (C=O) groups is 1. The van der Waals surface area contributed by atoms with E-state index < -0.39 is 0 Å². The summed E-state index contributed by atoms with van der Waals surface area (Å²) in [5, 5.41) is 11.9. The fourth-order valence-corrected chi connectivity index (χ4v) is 2.92. The largest absolute Gasteiger partial charge is 0.326 e. The summed E-state index contributed by atoms with van der Waals surface area (Å²) in [6.07, 6.45) is 2.24. The number of allylic oxidation sites excluding steroid dienone is 1. The molecule has 1 amide bonds. The number of nitrogens with zero attached hydrogens (tertiary/aromatic N) is 3. The number of aryl methyl sites for hydroxylation is 2. The lowest BCUT2D eigenvalue weighted by atomic mass is 10.2. The van der Waals surface area contributed by atoms with E-state index in [1.54, 1.807) is 0 Å². The van der Waals surface area contributed by atoms with Gasteiger partial charge >= 0.3 is 0 Å². The fourth-order valence-electron chi connectivity index (χ4n) is 1.99. The van der Waals surface area contributed by atoms with Crippen LogP contribution in [-0.4, -0.2) is 26.4 Å². The quantitative estimate of drug-likeness (QED) is 0.629. The van der Waals surface area contributed by atoms with Gasteiger partial charge in [-0.25, -0.2) is 0 Å². The van der Waals surface area contributed by atoms with Crippen molar-refractivity contribution in [3.05, 3.63) is 48.3 Å². The van der Waals surface area contributed by atoms with Crippen LogP contribution in [0.1, 0.15) is 17.8 Å². The molecule has 0 saturated heterocycles. The summed E-state index contributed by atoms with van der Waals surface area (Å²) in [6, 6.07) is 7.78. The minimum absolute atomic E-state index is 0.00427. The van der Waals surface area contributed by atoms with Crippen molar-refractivity contribution in [2.45, 2.75) is 32.0 Å². The number of hydrogen-bond acceptors (Lipinski definition) is 4. The third-order valence-electron chi connectivity index (χ3n) is 3.08. The molecule has 0 unspecified atom stereocenters. The molecule has 5 nitrogen and oxygen atoms in total. The number of aromatic nitrogens is 3. The van der Waals surface area contributed by atoms with Gasteiger partial charge in [0.2, 0.25) is 5.91 Å². The van der Waals surface area contributed by atoms with Crippen molar-refractivity contribution >= 4 is 23.4 Å². The van der Waals surface area contributed by atoms with E-state index in [1.807, 2.05) is 48.8 Å². The maximum absolute atomic E-state index is 11.9. The van der Waals surface area contributed by atoms with Gasteiger partial charge in [-0.15, -0.1) is 16.8 Å². The Morgan fingerprint density at radius 2 is 2.23 bits per heavy atom. The Hall–Kier alpha value is -2.08. The molecule has 0 bridgehead atoms. The van der Waals surface area contributed by atoms with Crippen LogP contribution in [0, 0.1) is 13.8 Å². The van der Waals surface area contributed by atoms with Gasteiger partial charge in [0.15, 0.2) is 5.16 Å². The molecule has 0 saturated carbocycles. The van der Waals surface area contributed by atoms with Gasteiger partial charge in [-0.3, -0.25) is 4.79 Å². The van der Waals surface area contributed by atoms with Crippen molar-refractivity contribution in [2.24, 2.45) is 0 Å². The molecule has 1 aromatic heterocycles. The van der Waals surface area contributed by atoms with Gasteiger partial charge in [-0.05, 0) is 31.5 Å². The molecule has 0 spiro atoms. The van der Waals surface area contributed by atoms with Crippen molar-refractivity contribution in [3.8, 4) is 0 Å². The van der Waals surface area contributed by atoms with E-state index in [0.29, 0.717) is 18.7 Å². The number of carbonyl (C=O) groups excluding carboxylic acids is 1. The van der Waals surface area contributed by atoms with E-state index in [1.165, 1.54) is 11.8 Å². The number of thioether (sulfide) groups is 1. The summed E-state index contributed by atoms with van der Waals surface area (Å²) in [7, 11) is 0. The molecule has 0 fully saturated rings. The van der Waals surface area contributed by atoms with Crippen LogP contribution in [0.25, 0.3) is 0 Å². The second kappa shape index (κ2) is 7.79. The predicted octanol–water partition coefficient (Wildman–Crippen LogP) is 3.20. The Kier molecular flexibility index (Phi) is 5.77. The predicted molar refractivity (Wildman–Crippen MR) is 90.1 cm³/mol. The molecular weight excluding hydrogens is 296 g/mol. The molecule has 1 N–H and O–H groups in total. The van der Waals surface area contributed by atoms with E-state index in [0.717, 1.165) is 22.2 Å². The first-order chi connectivity index (χ1) is 10.6. The average Bonchev–Trinajstić information content (AvgIpc) is 2.81. The average molecular weight is 316 g/mol. The van der Waals surface area contributed by atoms with Gasteiger partial charge in [-0.2, -0.15) is 0 Å². The number of anilines is 1. The second-order valence-electron chi connectivity index (χ2n) is 4.95. The van der Waals surface area contributed by atoms with Gasteiger partial charge in [0, 0.05) is 24.4 Å². The molecule has 2 aromatic rings. The Balaban J connectivity index is 1.83. The van der Waals surface area contributed by atoms with Gasteiger partial charge < -0.3 is 9.88 Å². The molecule has 1 heterocycles. The topological polar surface area (TPSA) is 59.8 Å². The monoisotopic (exact) mass is 316 g/mol. The molecule has 2 rings (SSSR count). The smallest absolute Gasteiger partial charge is 0.225 e. The summed E-state index contributed by atoms with van der Waals surface area (Å²) in [6.45, 7) is 8.32. The number of benzene rings is 1. The third-order valence-corrected chi connectivity index (χ3v) is 4.04. The van der Waals surface area contributed by atoms with Crippen LogP contribution in [0.5, 0.6) is 0 Å². The molecule has 0 aliphatic heterocycles. The second-order valence-corrected chi connectivity index (χ2v) is 6.01. The Morgan fingerprint density at radius 3 is 2.95 bits per heavy atom. The molecule has 1 aromatic carbocycles. The molecular formula is C16H20N4OS. The molecule has 116 valence electrons. The highest BCUT2D eigenvalue weighted by molar-refractivity contribution is 7.99. The molecule has 6 heteroatoms. The minimum Gasteiger partial charge on any atom is -0.326 e. The standard InChI is InChI=1S/C16H20N4OS/c1-4-9-20-13(3)18-19-16(20)22-10-8-15(21)17-14-7-5-6-12(2)11-14/h4-7,11H,1,8-10H2,2-3H3,(H,17,21). The summed E-state index contributed by atoms with van der Waals surface area (Å²) < 4.78 is 1.98. The lowest BCUT2D eigenvalue weighted by Gasteiger charge is -2.07. The van der Waals surface area contributed by atoms with Crippen LogP contribution in [0.15, 0.2) is 42.1 Å². The van der Waals surface area contributed by atoms with Crippen molar-refractivity contribution < 1.29 is 4.79 Å². The first-order valence-corrected chi connectivity index (χ1v) is 8.08. The third kappa shape index (κ3) is 4.46. The zero-order valence-electron chi connectivity index (χ0n) is 12.9. The molecule has 0 aliphatic rings. The molecule has 0 radical (unpaired) electrons. The van der Waals surface area contributed by atoms with Crippen molar-refractivity contribution in [1.29, 1.82) is 0 Å². The highest BCUT2D eigenvalue weighted by Crippen LogP contribution is 2.18. The highest BCUT2D eigenvalue weighted by Gasteiger charge is 2.09. The maximum atomic E-state index is 11.9.